The van der Waals surface area contributed by atoms with Crippen molar-refractivity contribution in [2.75, 3.05) is 6.54 Å². The number of nitrogens with one attached hydrogen (secondary N) is 1. The third-order valence-corrected chi connectivity index (χ3v) is 5.25. The van der Waals surface area contributed by atoms with Gasteiger partial charge in [-0.1, -0.05) is 6.92 Å². The summed E-state index contributed by atoms with van der Waals surface area (Å²) in [6.45, 7) is 3.26. The number of hydrogen-bond donors (Lipinski definition) is 1. The molecule has 2 nitrogen and oxygen atoms in total. The second-order valence-corrected chi connectivity index (χ2v) is 6.98. The Bertz CT molecular complexity index is 673. The first-order chi connectivity index (χ1) is 10.4. The summed E-state index contributed by atoms with van der Waals surface area (Å²) >= 11 is 3.55. The topological polar surface area (TPSA) is 24.9 Å². The maximum atomic E-state index is 4.59. The Morgan fingerprint density at radius 2 is 2.24 bits per heavy atom. The van der Waals surface area contributed by atoms with Crippen molar-refractivity contribution < 1.29 is 0 Å². The van der Waals surface area contributed by atoms with Gasteiger partial charge in [-0.15, -0.1) is 11.3 Å². The number of fused-ring (bicyclic) bond motifs is 1. The van der Waals surface area contributed by atoms with Gasteiger partial charge in [-0.3, -0.25) is 4.98 Å². The third kappa shape index (κ3) is 3.70. The van der Waals surface area contributed by atoms with Crippen molar-refractivity contribution in [2.45, 2.75) is 32.2 Å². The first kappa shape index (κ1) is 14.7. The molecule has 3 aromatic rings. The monoisotopic (exact) mass is 316 g/mol. The molecule has 0 saturated heterocycles. The zero-order valence-electron chi connectivity index (χ0n) is 12.2. The van der Waals surface area contributed by atoms with Crippen LogP contribution in [-0.2, 0) is 6.42 Å². The van der Waals surface area contributed by atoms with Crippen molar-refractivity contribution in [1.29, 1.82) is 0 Å². The van der Waals surface area contributed by atoms with Gasteiger partial charge in [0.25, 0.3) is 0 Å². The quantitative estimate of drug-likeness (QED) is 0.661. The minimum atomic E-state index is 0.392. The van der Waals surface area contributed by atoms with E-state index >= 15 is 0 Å². The molecule has 0 bridgehead atoms. The lowest BCUT2D eigenvalue weighted by Gasteiger charge is -2.18. The van der Waals surface area contributed by atoms with Gasteiger partial charge < -0.3 is 5.32 Å². The highest BCUT2D eigenvalue weighted by molar-refractivity contribution is 7.17. The van der Waals surface area contributed by atoms with E-state index in [-0.39, 0.29) is 0 Å². The molecule has 3 rings (SSSR count). The number of nitrogens with zero attached hydrogens (tertiary/aromatic N) is 1. The normalized spacial score (nSPS) is 12.8. The Balaban J connectivity index is 1.76. The standard InChI is InChI=1S/C17H20N2S2/c1-2-7-18-15(4-3-13-5-8-20-12-13)14-10-17-16(19-11-14)6-9-21-17/h5-6,8-12,15,18H,2-4,7H2,1H3. The highest BCUT2D eigenvalue weighted by Gasteiger charge is 2.12. The van der Waals surface area contributed by atoms with E-state index in [0.717, 1.165) is 31.3 Å². The zero-order chi connectivity index (χ0) is 14.5. The molecule has 0 aromatic carbocycles. The summed E-state index contributed by atoms with van der Waals surface area (Å²) in [4.78, 5) is 4.59. The van der Waals surface area contributed by atoms with E-state index in [0.29, 0.717) is 6.04 Å². The summed E-state index contributed by atoms with van der Waals surface area (Å²) in [5.74, 6) is 0. The SMILES string of the molecule is CCCNC(CCc1ccsc1)c1cnc2ccsc2c1. The molecule has 0 fully saturated rings. The Morgan fingerprint density at radius 3 is 3.05 bits per heavy atom. The fourth-order valence-electron chi connectivity index (χ4n) is 2.50. The van der Waals surface area contributed by atoms with Crippen LogP contribution in [0.2, 0.25) is 0 Å². The summed E-state index contributed by atoms with van der Waals surface area (Å²) < 4.78 is 1.28. The van der Waals surface area contributed by atoms with Gasteiger partial charge in [0.05, 0.1) is 10.2 Å². The van der Waals surface area contributed by atoms with E-state index in [9.17, 15) is 0 Å². The predicted molar refractivity (Wildman–Crippen MR) is 93.3 cm³/mol. The second-order valence-electron chi connectivity index (χ2n) is 5.25. The Morgan fingerprint density at radius 1 is 1.29 bits per heavy atom. The van der Waals surface area contributed by atoms with Gasteiger partial charge in [-0.05, 0) is 71.3 Å². The largest absolute Gasteiger partial charge is 0.310 e. The molecule has 0 radical (unpaired) electrons. The minimum Gasteiger partial charge on any atom is -0.310 e. The van der Waals surface area contributed by atoms with Gasteiger partial charge >= 0.3 is 0 Å². The van der Waals surface area contributed by atoms with E-state index in [4.69, 9.17) is 0 Å². The lowest BCUT2D eigenvalue weighted by molar-refractivity contribution is 0.499. The van der Waals surface area contributed by atoms with Crippen molar-refractivity contribution >= 4 is 32.9 Å². The first-order valence-corrected chi connectivity index (χ1v) is 9.26. The number of thiophene rings is 2. The molecule has 0 amide bonds. The summed E-state index contributed by atoms with van der Waals surface area (Å²) in [6.07, 6.45) is 5.43. The molecule has 0 aliphatic heterocycles. The third-order valence-electron chi connectivity index (χ3n) is 3.67. The molecule has 4 heteroatoms. The van der Waals surface area contributed by atoms with Crippen LogP contribution in [0.25, 0.3) is 10.2 Å². The molecule has 0 spiro atoms. The van der Waals surface area contributed by atoms with Gasteiger partial charge in [0.2, 0.25) is 0 Å². The van der Waals surface area contributed by atoms with Crippen LogP contribution in [0.4, 0.5) is 0 Å². The molecular weight excluding hydrogens is 296 g/mol. The van der Waals surface area contributed by atoms with Gasteiger partial charge in [-0.25, -0.2) is 0 Å². The first-order valence-electron chi connectivity index (χ1n) is 7.44. The van der Waals surface area contributed by atoms with Crippen molar-refractivity contribution in [2.24, 2.45) is 0 Å². The van der Waals surface area contributed by atoms with Crippen molar-refractivity contribution in [3.63, 3.8) is 0 Å². The van der Waals surface area contributed by atoms with Crippen LogP contribution in [0, 0.1) is 0 Å². The van der Waals surface area contributed by atoms with Crippen LogP contribution in [0.15, 0.2) is 40.5 Å². The Labute approximate surface area is 133 Å². The lowest BCUT2D eigenvalue weighted by atomic mass is 10.0. The molecule has 1 N–H and O–H groups in total. The van der Waals surface area contributed by atoms with E-state index in [1.54, 1.807) is 22.7 Å². The average Bonchev–Trinajstić information content (AvgIpc) is 3.17. The van der Waals surface area contributed by atoms with Crippen LogP contribution < -0.4 is 5.32 Å². The second kappa shape index (κ2) is 7.16. The number of pyridine rings is 1. The predicted octanol–water partition coefficient (Wildman–Crippen LogP) is 5.03. The number of hydrogen-bond acceptors (Lipinski definition) is 4. The fraction of sp³-hybridized carbons (Fsp3) is 0.353. The maximum absolute atomic E-state index is 4.59. The molecule has 110 valence electrons. The molecular formula is C17H20N2S2. The average molecular weight is 316 g/mol. The molecule has 21 heavy (non-hydrogen) atoms. The summed E-state index contributed by atoms with van der Waals surface area (Å²) in [7, 11) is 0. The van der Waals surface area contributed by atoms with Crippen LogP contribution >= 0.6 is 22.7 Å². The molecule has 0 aliphatic carbocycles. The summed E-state index contributed by atoms with van der Waals surface area (Å²) in [5.41, 5.74) is 3.86. The van der Waals surface area contributed by atoms with Crippen molar-refractivity contribution in [3.8, 4) is 0 Å². The van der Waals surface area contributed by atoms with Gasteiger partial charge in [-0.2, -0.15) is 11.3 Å². The Hall–Kier alpha value is -1.23. The van der Waals surface area contributed by atoms with E-state index < -0.39 is 0 Å². The van der Waals surface area contributed by atoms with Crippen molar-refractivity contribution in [3.05, 3.63) is 51.7 Å². The zero-order valence-corrected chi connectivity index (χ0v) is 13.8. The highest BCUT2D eigenvalue weighted by atomic mass is 32.1. The summed E-state index contributed by atoms with van der Waals surface area (Å²) in [6, 6.07) is 7.00. The van der Waals surface area contributed by atoms with Crippen LogP contribution in [-0.4, -0.2) is 11.5 Å². The highest BCUT2D eigenvalue weighted by Crippen LogP contribution is 2.25. The maximum Gasteiger partial charge on any atom is 0.0809 e. The van der Waals surface area contributed by atoms with Crippen LogP contribution in [0.1, 0.15) is 36.9 Å². The summed E-state index contributed by atoms with van der Waals surface area (Å²) in [5, 5.41) is 10.2. The van der Waals surface area contributed by atoms with Gasteiger partial charge in [0, 0.05) is 12.2 Å². The van der Waals surface area contributed by atoms with E-state index in [1.807, 2.05) is 6.20 Å². The molecule has 0 saturated carbocycles. The number of aryl methyl sites for hydroxylation is 1. The van der Waals surface area contributed by atoms with Gasteiger partial charge in [0.15, 0.2) is 0 Å². The lowest BCUT2D eigenvalue weighted by Crippen LogP contribution is -2.22. The molecule has 0 aliphatic rings. The molecule has 3 heterocycles. The van der Waals surface area contributed by atoms with Crippen LogP contribution in [0.5, 0.6) is 0 Å². The van der Waals surface area contributed by atoms with Crippen molar-refractivity contribution in [1.82, 2.24) is 10.3 Å². The smallest absolute Gasteiger partial charge is 0.0809 e. The number of rotatable bonds is 7. The van der Waals surface area contributed by atoms with E-state index in [2.05, 4.69) is 51.6 Å². The van der Waals surface area contributed by atoms with Gasteiger partial charge in [0.1, 0.15) is 0 Å². The minimum absolute atomic E-state index is 0.392. The fourth-order valence-corrected chi connectivity index (χ4v) is 4.00. The van der Waals surface area contributed by atoms with Crippen LogP contribution in [0.3, 0.4) is 0 Å². The molecule has 1 atom stereocenters. The number of aromatic nitrogens is 1. The molecule has 3 aromatic heterocycles. The Kier molecular flexibility index (Phi) is 5.01. The van der Waals surface area contributed by atoms with E-state index in [1.165, 1.54) is 15.8 Å². The molecule has 1 unspecified atom stereocenters.